The topological polar surface area (TPSA) is 24.1 Å². The molecule has 2 nitrogen and oxygen atoms in total. The molecule has 6 heteroatoms. The van der Waals surface area contributed by atoms with Crippen LogP contribution in [0.25, 0.3) is 0 Å². The SMILES string of the molecule is CC(Nc1cc(C(F)(F)F)cc2c1Nc1ccccc1S2)C1CCCCC1. The molecule has 0 radical (unpaired) electrons. The molecule has 1 aliphatic heterocycles. The number of alkyl halides is 3. The zero-order chi connectivity index (χ0) is 19.0. The summed E-state index contributed by atoms with van der Waals surface area (Å²) in [6.07, 6.45) is 1.59. The maximum atomic E-state index is 13.5. The Hall–Kier alpha value is -1.82. The summed E-state index contributed by atoms with van der Waals surface area (Å²) in [6.45, 7) is 2.09. The van der Waals surface area contributed by atoms with E-state index in [9.17, 15) is 13.2 Å². The molecule has 2 aromatic rings. The number of nitrogens with one attached hydrogen (secondary N) is 2. The Morgan fingerprint density at radius 2 is 1.81 bits per heavy atom. The summed E-state index contributed by atoms with van der Waals surface area (Å²) in [5.41, 5.74) is 1.62. The highest BCUT2D eigenvalue weighted by atomic mass is 32.2. The maximum absolute atomic E-state index is 13.5. The first kappa shape index (κ1) is 18.5. The van der Waals surface area contributed by atoms with E-state index in [1.54, 1.807) is 0 Å². The van der Waals surface area contributed by atoms with Crippen LogP contribution in [0.4, 0.5) is 30.2 Å². The molecule has 144 valence electrons. The minimum atomic E-state index is -4.36. The second-order valence-corrected chi connectivity index (χ2v) is 8.53. The van der Waals surface area contributed by atoms with Crippen molar-refractivity contribution in [3.8, 4) is 0 Å². The van der Waals surface area contributed by atoms with Crippen LogP contribution in [0, 0.1) is 5.92 Å². The molecule has 2 aromatic carbocycles. The Morgan fingerprint density at radius 1 is 1.07 bits per heavy atom. The van der Waals surface area contributed by atoms with Crippen molar-refractivity contribution in [2.24, 2.45) is 5.92 Å². The summed E-state index contributed by atoms with van der Waals surface area (Å²) in [5, 5.41) is 6.75. The third kappa shape index (κ3) is 3.91. The van der Waals surface area contributed by atoms with Crippen LogP contribution in [-0.4, -0.2) is 6.04 Å². The largest absolute Gasteiger partial charge is 0.416 e. The highest BCUT2D eigenvalue weighted by molar-refractivity contribution is 7.99. The fraction of sp³-hybridized carbons (Fsp3) is 0.429. The summed E-state index contributed by atoms with van der Waals surface area (Å²) in [7, 11) is 0. The second kappa shape index (κ2) is 7.30. The number of rotatable bonds is 3. The van der Waals surface area contributed by atoms with Crippen molar-refractivity contribution in [3.05, 3.63) is 42.0 Å². The van der Waals surface area contributed by atoms with Crippen LogP contribution in [0.1, 0.15) is 44.6 Å². The molecule has 1 heterocycles. The number of halogens is 3. The van der Waals surface area contributed by atoms with E-state index < -0.39 is 11.7 Å². The lowest BCUT2D eigenvalue weighted by Gasteiger charge is -2.31. The van der Waals surface area contributed by atoms with E-state index in [1.807, 2.05) is 24.3 Å². The molecule has 27 heavy (non-hydrogen) atoms. The van der Waals surface area contributed by atoms with E-state index in [1.165, 1.54) is 43.2 Å². The zero-order valence-corrected chi connectivity index (χ0v) is 16.0. The Bertz CT molecular complexity index is 829. The van der Waals surface area contributed by atoms with Crippen LogP contribution in [0.5, 0.6) is 0 Å². The quantitative estimate of drug-likeness (QED) is 0.489. The van der Waals surface area contributed by atoms with Crippen LogP contribution in [0.15, 0.2) is 46.2 Å². The zero-order valence-electron chi connectivity index (χ0n) is 15.2. The van der Waals surface area contributed by atoms with Gasteiger partial charge in [0.05, 0.1) is 22.6 Å². The number of fused-ring (bicyclic) bond motifs is 2. The molecular weight excluding hydrogens is 369 g/mol. The van der Waals surface area contributed by atoms with E-state index in [0.29, 0.717) is 16.5 Å². The molecule has 1 saturated carbocycles. The van der Waals surface area contributed by atoms with Gasteiger partial charge in [0, 0.05) is 15.8 Å². The molecule has 0 saturated heterocycles. The van der Waals surface area contributed by atoms with E-state index in [4.69, 9.17) is 0 Å². The van der Waals surface area contributed by atoms with Crippen LogP contribution < -0.4 is 10.6 Å². The predicted molar refractivity (Wildman–Crippen MR) is 105 cm³/mol. The molecule has 2 aliphatic rings. The van der Waals surface area contributed by atoms with Crippen molar-refractivity contribution in [3.63, 3.8) is 0 Å². The summed E-state index contributed by atoms with van der Waals surface area (Å²) in [6, 6.07) is 10.3. The summed E-state index contributed by atoms with van der Waals surface area (Å²) >= 11 is 1.39. The van der Waals surface area contributed by atoms with Gasteiger partial charge in [0.15, 0.2) is 0 Å². The molecule has 0 spiro atoms. The number of hydrogen-bond acceptors (Lipinski definition) is 3. The van der Waals surface area contributed by atoms with Gasteiger partial charge in [-0.1, -0.05) is 43.2 Å². The molecule has 0 amide bonds. The Balaban J connectivity index is 1.69. The van der Waals surface area contributed by atoms with Gasteiger partial charge >= 0.3 is 6.18 Å². The van der Waals surface area contributed by atoms with Gasteiger partial charge in [0.1, 0.15) is 0 Å². The van der Waals surface area contributed by atoms with Crippen LogP contribution in [0.2, 0.25) is 0 Å². The summed E-state index contributed by atoms with van der Waals surface area (Å²) < 4.78 is 40.4. The van der Waals surface area contributed by atoms with E-state index in [0.717, 1.165) is 29.1 Å². The standard InChI is InChI=1S/C21H23F3N2S/c1-13(14-7-3-2-4-8-14)25-17-11-15(21(22,23)24)12-19-20(17)26-16-9-5-6-10-18(16)27-19/h5-6,9-14,25-26H,2-4,7-8H2,1H3. The molecule has 4 rings (SSSR count). The minimum Gasteiger partial charge on any atom is -0.381 e. The van der Waals surface area contributed by atoms with Crippen molar-refractivity contribution in [1.29, 1.82) is 0 Å². The molecule has 1 atom stereocenters. The third-order valence-corrected chi connectivity index (χ3v) is 6.65. The first-order valence-corrected chi connectivity index (χ1v) is 10.3. The predicted octanol–water partition coefficient (Wildman–Crippen LogP) is 7.29. The lowest BCUT2D eigenvalue weighted by molar-refractivity contribution is -0.137. The minimum absolute atomic E-state index is 0.141. The number of anilines is 3. The third-order valence-electron chi connectivity index (χ3n) is 5.54. The lowest BCUT2D eigenvalue weighted by Crippen LogP contribution is -2.28. The normalized spacial score (nSPS) is 18.2. The van der Waals surface area contributed by atoms with Crippen LogP contribution in [0.3, 0.4) is 0 Å². The lowest BCUT2D eigenvalue weighted by atomic mass is 9.84. The molecule has 1 unspecified atom stereocenters. The van der Waals surface area contributed by atoms with Gasteiger partial charge in [-0.3, -0.25) is 0 Å². The number of benzene rings is 2. The van der Waals surface area contributed by atoms with Crippen molar-refractivity contribution in [1.82, 2.24) is 0 Å². The second-order valence-electron chi connectivity index (χ2n) is 7.45. The van der Waals surface area contributed by atoms with Gasteiger partial charge in [0.2, 0.25) is 0 Å². The fourth-order valence-corrected chi connectivity index (χ4v) is 5.07. The van der Waals surface area contributed by atoms with Gasteiger partial charge < -0.3 is 10.6 Å². The molecule has 2 N–H and O–H groups in total. The Kier molecular flexibility index (Phi) is 5.01. The van der Waals surface area contributed by atoms with Gasteiger partial charge in [-0.05, 0) is 49.9 Å². The van der Waals surface area contributed by atoms with Crippen molar-refractivity contribution in [2.75, 3.05) is 10.6 Å². The monoisotopic (exact) mass is 392 g/mol. The van der Waals surface area contributed by atoms with Crippen molar-refractivity contribution >= 4 is 28.8 Å². The van der Waals surface area contributed by atoms with Crippen molar-refractivity contribution in [2.45, 2.75) is 61.0 Å². The highest BCUT2D eigenvalue weighted by Gasteiger charge is 2.34. The maximum Gasteiger partial charge on any atom is 0.416 e. The number of para-hydroxylation sites is 1. The van der Waals surface area contributed by atoms with Gasteiger partial charge in [-0.25, -0.2) is 0 Å². The van der Waals surface area contributed by atoms with Crippen LogP contribution in [-0.2, 0) is 6.18 Å². The molecule has 0 bridgehead atoms. The van der Waals surface area contributed by atoms with Crippen molar-refractivity contribution < 1.29 is 13.2 Å². The number of hydrogen-bond donors (Lipinski definition) is 2. The van der Waals surface area contributed by atoms with Gasteiger partial charge in [-0.15, -0.1) is 0 Å². The average Bonchev–Trinajstić information content (AvgIpc) is 2.66. The molecular formula is C21H23F3N2S. The van der Waals surface area contributed by atoms with Crippen LogP contribution >= 0.6 is 11.8 Å². The summed E-state index contributed by atoms with van der Waals surface area (Å²) in [5.74, 6) is 0.507. The first-order valence-electron chi connectivity index (χ1n) is 9.47. The first-order chi connectivity index (χ1) is 12.9. The molecule has 1 fully saturated rings. The summed E-state index contributed by atoms with van der Waals surface area (Å²) in [4.78, 5) is 1.55. The van der Waals surface area contributed by atoms with E-state index in [2.05, 4.69) is 17.6 Å². The Morgan fingerprint density at radius 3 is 2.56 bits per heavy atom. The fourth-order valence-electron chi connectivity index (χ4n) is 4.01. The Labute approximate surface area is 161 Å². The average molecular weight is 392 g/mol. The molecule has 1 aliphatic carbocycles. The molecule has 0 aromatic heterocycles. The van der Waals surface area contributed by atoms with Gasteiger partial charge in [-0.2, -0.15) is 13.2 Å². The van der Waals surface area contributed by atoms with Gasteiger partial charge in [0.25, 0.3) is 0 Å². The highest BCUT2D eigenvalue weighted by Crippen LogP contribution is 2.49. The van der Waals surface area contributed by atoms with E-state index in [-0.39, 0.29) is 6.04 Å². The smallest absolute Gasteiger partial charge is 0.381 e. The van der Waals surface area contributed by atoms with E-state index >= 15 is 0 Å².